The summed E-state index contributed by atoms with van der Waals surface area (Å²) in [4.78, 5) is 56.8. The number of carboxylic acid groups (broad SMARTS) is 1. The summed E-state index contributed by atoms with van der Waals surface area (Å²) in [7, 11) is 0. The highest BCUT2D eigenvalue weighted by Crippen LogP contribution is 2.30. The fourth-order valence-electron chi connectivity index (χ4n) is 5.42. The molecule has 2 heterocycles. The zero-order valence-electron chi connectivity index (χ0n) is 25.2. The average Bonchev–Trinajstić information content (AvgIpc) is 3.05. The van der Waals surface area contributed by atoms with E-state index in [4.69, 9.17) is 4.74 Å². The Hall–Kier alpha value is -5.10. The van der Waals surface area contributed by atoms with Crippen LogP contribution in [0.4, 0.5) is 26.7 Å². The van der Waals surface area contributed by atoms with Gasteiger partial charge in [-0.3, -0.25) is 9.59 Å². The zero-order valence-corrected chi connectivity index (χ0v) is 25.2. The quantitative estimate of drug-likeness (QED) is 0.298. The van der Waals surface area contributed by atoms with Gasteiger partial charge in [0.1, 0.15) is 0 Å². The number of piperazine rings is 1. The van der Waals surface area contributed by atoms with Gasteiger partial charge in [0.2, 0.25) is 0 Å². The molecule has 12 heteroatoms. The summed E-state index contributed by atoms with van der Waals surface area (Å²) in [6, 6.07) is 20.1. The molecule has 2 saturated heterocycles. The lowest BCUT2D eigenvalue weighted by molar-refractivity contribution is -0.137. The lowest BCUT2D eigenvalue weighted by Crippen LogP contribution is -2.55. The second-order valence-electron chi connectivity index (χ2n) is 11.1. The minimum Gasteiger partial charge on any atom is -0.481 e. The van der Waals surface area contributed by atoms with E-state index in [1.54, 1.807) is 42.5 Å². The summed E-state index contributed by atoms with van der Waals surface area (Å²) < 4.78 is 5.37. The van der Waals surface area contributed by atoms with Crippen LogP contribution in [0.3, 0.4) is 0 Å². The van der Waals surface area contributed by atoms with E-state index in [1.807, 2.05) is 47.1 Å². The van der Waals surface area contributed by atoms with E-state index in [-0.39, 0.29) is 18.0 Å². The maximum Gasteiger partial charge on any atom is 0.323 e. The van der Waals surface area contributed by atoms with E-state index >= 15 is 0 Å². The molecule has 3 aromatic rings. The van der Waals surface area contributed by atoms with E-state index in [1.165, 1.54) is 0 Å². The number of ether oxygens (including phenoxy) is 1. The summed E-state index contributed by atoms with van der Waals surface area (Å²) in [5, 5.41) is 18.1. The Morgan fingerprint density at radius 3 is 2.16 bits per heavy atom. The number of amides is 5. The Morgan fingerprint density at radius 1 is 0.822 bits per heavy atom. The number of rotatable bonds is 8. The van der Waals surface area contributed by atoms with Crippen LogP contribution in [-0.4, -0.2) is 91.3 Å². The molecule has 0 spiro atoms. The molecule has 0 bridgehead atoms. The third-order valence-electron chi connectivity index (χ3n) is 7.87. The van der Waals surface area contributed by atoms with E-state index in [0.29, 0.717) is 75.1 Å². The third kappa shape index (κ3) is 8.30. The zero-order chi connectivity index (χ0) is 31.8. The molecule has 1 atom stereocenters. The van der Waals surface area contributed by atoms with Crippen molar-refractivity contribution in [2.24, 2.45) is 0 Å². The van der Waals surface area contributed by atoms with Crippen molar-refractivity contribution in [1.29, 1.82) is 0 Å². The van der Waals surface area contributed by atoms with Gasteiger partial charge in [0.15, 0.2) is 0 Å². The van der Waals surface area contributed by atoms with Crippen molar-refractivity contribution < 1.29 is 29.0 Å². The predicted octanol–water partition coefficient (Wildman–Crippen LogP) is 4.16. The maximum atomic E-state index is 13.5. The standard InChI is InChI=1S/C33H38N6O6/c1-23-7-9-24(10-8-23)27(22-30(40)41)35-31(42)25-11-12-29(28(21-25)36-32(43)34-26-5-3-2-4-6-26)37-13-15-38(16-14-37)33(44)39-17-19-45-20-18-39/h2-12,21,27H,13-20,22H2,1H3,(H,35,42)(H,40,41)(H2,34,36,43). The number of carbonyl (C=O) groups is 4. The van der Waals surface area contributed by atoms with Gasteiger partial charge in [0.25, 0.3) is 5.91 Å². The number of nitrogens with one attached hydrogen (secondary N) is 3. The number of aryl methyl sites for hydroxylation is 1. The second-order valence-corrected chi connectivity index (χ2v) is 11.1. The SMILES string of the molecule is Cc1ccc(C(CC(=O)O)NC(=O)c2ccc(N3CCN(C(=O)N4CCOCC4)CC3)c(NC(=O)Nc3ccccc3)c2)cc1. The number of anilines is 3. The number of aliphatic carboxylic acids is 1. The first kappa shape index (κ1) is 31.3. The van der Waals surface area contributed by atoms with Crippen LogP contribution in [-0.2, 0) is 9.53 Å². The fraction of sp³-hybridized carbons (Fsp3) is 0.333. The molecule has 0 saturated carbocycles. The van der Waals surface area contributed by atoms with E-state index < -0.39 is 23.9 Å². The molecule has 2 aliphatic heterocycles. The molecule has 5 rings (SSSR count). The topological polar surface area (TPSA) is 144 Å². The van der Waals surface area contributed by atoms with Gasteiger partial charge in [-0.05, 0) is 42.8 Å². The molecule has 236 valence electrons. The van der Waals surface area contributed by atoms with Crippen molar-refractivity contribution in [2.45, 2.75) is 19.4 Å². The number of carboxylic acids is 1. The highest BCUT2D eigenvalue weighted by atomic mass is 16.5. The first-order chi connectivity index (χ1) is 21.8. The van der Waals surface area contributed by atoms with Crippen LogP contribution < -0.4 is 20.9 Å². The lowest BCUT2D eigenvalue weighted by atomic mass is 10.0. The normalized spacial score (nSPS) is 15.6. The first-order valence-electron chi connectivity index (χ1n) is 15.0. The van der Waals surface area contributed by atoms with Crippen LogP contribution in [0.1, 0.15) is 33.9 Å². The number of para-hydroxylation sites is 1. The van der Waals surface area contributed by atoms with Gasteiger partial charge in [0.05, 0.1) is 37.1 Å². The average molecular weight is 615 g/mol. The number of urea groups is 2. The van der Waals surface area contributed by atoms with Crippen molar-refractivity contribution in [3.63, 3.8) is 0 Å². The molecule has 3 aromatic carbocycles. The van der Waals surface area contributed by atoms with Gasteiger partial charge in [-0.15, -0.1) is 0 Å². The molecule has 2 aliphatic rings. The van der Waals surface area contributed by atoms with E-state index in [2.05, 4.69) is 20.9 Å². The van der Waals surface area contributed by atoms with Crippen LogP contribution in [0.2, 0.25) is 0 Å². The van der Waals surface area contributed by atoms with Crippen molar-refractivity contribution in [1.82, 2.24) is 15.1 Å². The van der Waals surface area contributed by atoms with E-state index in [0.717, 1.165) is 5.56 Å². The summed E-state index contributed by atoms with van der Waals surface area (Å²) >= 11 is 0. The minimum atomic E-state index is -1.04. The highest BCUT2D eigenvalue weighted by molar-refractivity contribution is 6.04. The molecular weight excluding hydrogens is 576 g/mol. The highest BCUT2D eigenvalue weighted by Gasteiger charge is 2.28. The molecule has 1 unspecified atom stereocenters. The Balaban J connectivity index is 1.35. The molecule has 45 heavy (non-hydrogen) atoms. The molecule has 0 radical (unpaired) electrons. The number of hydrogen-bond acceptors (Lipinski definition) is 6. The minimum absolute atomic E-state index is 0.00459. The second kappa shape index (κ2) is 14.6. The largest absolute Gasteiger partial charge is 0.481 e. The summed E-state index contributed by atoms with van der Waals surface area (Å²) in [6.07, 6.45) is -0.287. The Labute approximate surface area is 261 Å². The lowest BCUT2D eigenvalue weighted by Gasteiger charge is -2.39. The van der Waals surface area contributed by atoms with Crippen molar-refractivity contribution >= 4 is 41.0 Å². The predicted molar refractivity (Wildman–Crippen MR) is 171 cm³/mol. The molecule has 4 N–H and O–H groups in total. The number of nitrogens with zero attached hydrogens (tertiary/aromatic N) is 3. The van der Waals surface area contributed by atoms with E-state index in [9.17, 15) is 24.3 Å². The van der Waals surface area contributed by atoms with Gasteiger partial charge in [-0.1, -0.05) is 48.0 Å². The molecule has 12 nitrogen and oxygen atoms in total. The molecule has 2 fully saturated rings. The summed E-state index contributed by atoms with van der Waals surface area (Å²) in [5.41, 5.74) is 3.68. The van der Waals surface area contributed by atoms with Gasteiger partial charge >= 0.3 is 18.0 Å². The molecule has 0 aliphatic carbocycles. The smallest absolute Gasteiger partial charge is 0.323 e. The number of carbonyl (C=O) groups excluding carboxylic acids is 3. The Bertz CT molecular complexity index is 1500. The third-order valence-corrected chi connectivity index (χ3v) is 7.87. The summed E-state index contributed by atoms with van der Waals surface area (Å²) in [6.45, 7) is 6.22. The molecule has 5 amide bonds. The van der Waals surface area contributed by atoms with Gasteiger partial charge in [-0.25, -0.2) is 9.59 Å². The summed E-state index contributed by atoms with van der Waals surface area (Å²) in [5.74, 6) is -1.51. The van der Waals surface area contributed by atoms with Crippen molar-refractivity contribution in [2.75, 3.05) is 68.0 Å². The molecular formula is C33H38N6O6. The fourth-order valence-corrected chi connectivity index (χ4v) is 5.42. The van der Waals surface area contributed by atoms with Crippen molar-refractivity contribution in [3.8, 4) is 0 Å². The van der Waals surface area contributed by atoms with Crippen LogP contribution in [0.25, 0.3) is 0 Å². The Morgan fingerprint density at radius 2 is 1.49 bits per heavy atom. The van der Waals surface area contributed by atoms with Gasteiger partial charge in [-0.2, -0.15) is 0 Å². The number of hydrogen-bond donors (Lipinski definition) is 4. The van der Waals surface area contributed by atoms with Crippen LogP contribution >= 0.6 is 0 Å². The molecule has 0 aromatic heterocycles. The maximum absolute atomic E-state index is 13.5. The van der Waals surface area contributed by atoms with Crippen LogP contribution in [0.15, 0.2) is 72.8 Å². The number of morpholine rings is 1. The van der Waals surface area contributed by atoms with Crippen molar-refractivity contribution in [3.05, 3.63) is 89.5 Å². The monoisotopic (exact) mass is 614 g/mol. The van der Waals surface area contributed by atoms with Crippen LogP contribution in [0.5, 0.6) is 0 Å². The number of benzene rings is 3. The van der Waals surface area contributed by atoms with Gasteiger partial charge in [0, 0.05) is 50.5 Å². The van der Waals surface area contributed by atoms with Gasteiger partial charge < -0.3 is 40.5 Å². The first-order valence-corrected chi connectivity index (χ1v) is 15.0. The Kier molecular flexibility index (Phi) is 10.2. The van der Waals surface area contributed by atoms with Crippen LogP contribution in [0, 0.1) is 6.92 Å².